The molecule has 0 saturated heterocycles. The number of rotatable bonds is 11. The van der Waals surface area contributed by atoms with Crippen molar-refractivity contribution in [2.75, 3.05) is 13.7 Å². The molecule has 2 N–H and O–H groups in total. The second-order valence-corrected chi connectivity index (χ2v) is 10.4. The highest BCUT2D eigenvalue weighted by Gasteiger charge is 2.38. The maximum atomic E-state index is 13.9. The number of carbonyl (C=O) groups excluding carboxylic acids is 4. The van der Waals surface area contributed by atoms with E-state index in [0.717, 1.165) is 6.42 Å². The quantitative estimate of drug-likeness (QED) is 0.344. The highest BCUT2D eigenvalue weighted by molar-refractivity contribution is 5.93. The number of terminal acetylenes is 1. The van der Waals surface area contributed by atoms with Gasteiger partial charge in [0.15, 0.2) is 0 Å². The summed E-state index contributed by atoms with van der Waals surface area (Å²) in [5.41, 5.74) is 0.114. The molecule has 1 aromatic rings. The van der Waals surface area contributed by atoms with E-state index in [4.69, 9.17) is 11.2 Å². The smallest absolute Gasteiger partial charge is 0.408 e. The lowest BCUT2D eigenvalue weighted by atomic mass is 9.94. The van der Waals surface area contributed by atoms with E-state index in [1.165, 1.54) is 18.9 Å². The minimum atomic E-state index is -1.16. The van der Waals surface area contributed by atoms with Gasteiger partial charge >= 0.3 is 12.1 Å². The van der Waals surface area contributed by atoms with Crippen LogP contribution in [0.3, 0.4) is 0 Å². The third-order valence-corrected chi connectivity index (χ3v) is 5.57. The van der Waals surface area contributed by atoms with Gasteiger partial charge in [-0.25, -0.2) is 4.79 Å². The van der Waals surface area contributed by atoms with Gasteiger partial charge in [-0.3, -0.25) is 14.4 Å². The molecule has 0 heterocycles. The summed E-state index contributed by atoms with van der Waals surface area (Å²) in [6.45, 7) is 12.3. The highest BCUT2D eigenvalue weighted by Crippen LogP contribution is 2.29. The van der Waals surface area contributed by atoms with Gasteiger partial charge in [0.05, 0.1) is 7.11 Å². The molecule has 0 spiro atoms. The fourth-order valence-electron chi connectivity index (χ4n) is 3.69. The fourth-order valence-corrected chi connectivity index (χ4v) is 3.69. The van der Waals surface area contributed by atoms with Crippen molar-refractivity contribution >= 4 is 23.9 Å². The van der Waals surface area contributed by atoms with Crippen molar-refractivity contribution in [2.24, 2.45) is 5.92 Å². The zero-order valence-electron chi connectivity index (χ0n) is 23.2. The van der Waals surface area contributed by atoms with E-state index in [1.54, 1.807) is 45.0 Å². The summed E-state index contributed by atoms with van der Waals surface area (Å²) in [5.74, 6) is 1.22. The number of hydrogen-bond acceptors (Lipinski definition) is 6. The third kappa shape index (κ3) is 10.2. The zero-order valence-corrected chi connectivity index (χ0v) is 23.2. The Bertz CT molecular complexity index is 992. The summed E-state index contributed by atoms with van der Waals surface area (Å²) >= 11 is 0. The summed E-state index contributed by atoms with van der Waals surface area (Å²) < 4.78 is 9.95. The predicted molar refractivity (Wildman–Crippen MR) is 141 cm³/mol. The second-order valence-electron chi connectivity index (χ2n) is 10.4. The minimum absolute atomic E-state index is 0.362. The van der Waals surface area contributed by atoms with Crippen molar-refractivity contribution < 1.29 is 28.7 Å². The molecule has 0 fully saturated rings. The molecule has 0 saturated carbocycles. The molecule has 1 aromatic carbocycles. The van der Waals surface area contributed by atoms with Crippen molar-refractivity contribution in [3.05, 3.63) is 35.4 Å². The van der Waals surface area contributed by atoms with Crippen LogP contribution in [-0.4, -0.2) is 60.1 Å². The van der Waals surface area contributed by atoms with Crippen LogP contribution in [0.15, 0.2) is 24.3 Å². The van der Waals surface area contributed by atoms with Gasteiger partial charge in [-0.2, -0.15) is 0 Å². The average molecular weight is 516 g/mol. The van der Waals surface area contributed by atoms with Crippen LogP contribution < -0.4 is 10.6 Å². The maximum absolute atomic E-state index is 13.9. The minimum Gasteiger partial charge on any atom is -0.468 e. The Hall–Kier alpha value is -3.54. The molecular formula is C28H41N3O6. The lowest BCUT2D eigenvalue weighted by molar-refractivity contribution is -0.146. The standard InChI is InChI=1S/C28H41N3O6/c1-10-21-13-11-12-14-22(21)24(25(33)29-17-23(32)36-9)31(19(4)16-15-18(2)3)26(34)20(5)30-27(35)37-28(6,7)8/h1,11-14,18-20,24H,15-17H2,2-9H3,(H,29,33)(H,30,35). The Morgan fingerprint density at radius 3 is 2.22 bits per heavy atom. The summed E-state index contributed by atoms with van der Waals surface area (Å²) in [4.78, 5) is 53.0. The predicted octanol–water partition coefficient (Wildman–Crippen LogP) is 3.56. The Morgan fingerprint density at radius 2 is 1.68 bits per heavy atom. The van der Waals surface area contributed by atoms with Gasteiger partial charge in [-0.1, -0.05) is 38.0 Å². The largest absolute Gasteiger partial charge is 0.468 e. The molecule has 0 aromatic heterocycles. The van der Waals surface area contributed by atoms with Crippen LogP contribution in [-0.2, 0) is 23.9 Å². The lowest BCUT2D eigenvalue weighted by Gasteiger charge is -2.38. The van der Waals surface area contributed by atoms with Crippen LogP contribution in [0.5, 0.6) is 0 Å². The zero-order chi connectivity index (χ0) is 28.3. The molecule has 3 amide bonds. The summed E-state index contributed by atoms with van der Waals surface area (Å²) in [5, 5.41) is 5.13. The van der Waals surface area contributed by atoms with Crippen molar-refractivity contribution in [3.63, 3.8) is 0 Å². The lowest BCUT2D eigenvalue weighted by Crippen LogP contribution is -2.55. The van der Waals surface area contributed by atoms with E-state index in [9.17, 15) is 19.2 Å². The van der Waals surface area contributed by atoms with Gasteiger partial charge in [0, 0.05) is 11.6 Å². The van der Waals surface area contributed by atoms with Crippen LogP contribution in [0.25, 0.3) is 0 Å². The molecule has 0 aliphatic heterocycles. The highest BCUT2D eigenvalue weighted by atomic mass is 16.6. The molecule has 0 aliphatic carbocycles. The number of hydrogen-bond donors (Lipinski definition) is 2. The maximum Gasteiger partial charge on any atom is 0.408 e. The monoisotopic (exact) mass is 515 g/mol. The van der Waals surface area contributed by atoms with Gasteiger partial charge < -0.3 is 25.0 Å². The van der Waals surface area contributed by atoms with Crippen molar-refractivity contribution in [1.29, 1.82) is 0 Å². The number of ether oxygens (including phenoxy) is 2. The Labute approximate surface area is 220 Å². The second kappa shape index (κ2) is 14.3. The van der Waals surface area contributed by atoms with Crippen LogP contribution in [0.1, 0.15) is 78.5 Å². The van der Waals surface area contributed by atoms with Crippen LogP contribution in [0.2, 0.25) is 0 Å². The number of esters is 1. The Kier molecular flexibility index (Phi) is 12.1. The molecule has 0 bridgehead atoms. The molecule has 0 aliphatic rings. The number of alkyl carbamates (subject to hydrolysis) is 1. The molecule has 3 atom stereocenters. The fraction of sp³-hybridized carbons (Fsp3) is 0.571. The van der Waals surface area contributed by atoms with Gasteiger partial charge in [0.25, 0.3) is 0 Å². The number of methoxy groups -OCH3 is 1. The number of nitrogens with one attached hydrogen (secondary N) is 2. The number of amides is 3. The SMILES string of the molecule is C#Cc1ccccc1C(C(=O)NCC(=O)OC)N(C(=O)C(C)NC(=O)OC(C)(C)C)C(C)CCC(C)C. The number of carbonyl (C=O) groups is 4. The van der Waals surface area contributed by atoms with Gasteiger partial charge in [-0.05, 0) is 65.0 Å². The molecular weight excluding hydrogens is 474 g/mol. The number of benzene rings is 1. The molecule has 204 valence electrons. The summed E-state index contributed by atoms with van der Waals surface area (Å²) in [6.07, 6.45) is 6.38. The van der Waals surface area contributed by atoms with Crippen molar-refractivity contribution in [2.45, 2.75) is 85.0 Å². The Balaban J connectivity index is 3.54. The normalized spacial score (nSPS) is 13.5. The van der Waals surface area contributed by atoms with Gasteiger partial charge in [0.1, 0.15) is 24.2 Å². The topological polar surface area (TPSA) is 114 Å². The van der Waals surface area contributed by atoms with Crippen LogP contribution >= 0.6 is 0 Å². The molecule has 0 radical (unpaired) electrons. The van der Waals surface area contributed by atoms with Crippen LogP contribution in [0, 0.1) is 18.3 Å². The number of nitrogens with zero attached hydrogens (tertiary/aromatic N) is 1. The average Bonchev–Trinajstić information content (AvgIpc) is 2.82. The van der Waals surface area contributed by atoms with E-state index in [-0.39, 0.29) is 6.54 Å². The van der Waals surface area contributed by atoms with Crippen molar-refractivity contribution in [1.82, 2.24) is 15.5 Å². The molecule has 37 heavy (non-hydrogen) atoms. The molecule has 1 rings (SSSR count). The molecule has 3 unspecified atom stereocenters. The van der Waals surface area contributed by atoms with E-state index in [0.29, 0.717) is 23.5 Å². The first-order chi connectivity index (χ1) is 17.2. The van der Waals surface area contributed by atoms with E-state index in [1.807, 2.05) is 6.92 Å². The molecule has 9 heteroatoms. The summed E-state index contributed by atoms with van der Waals surface area (Å²) in [7, 11) is 1.22. The van der Waals surface area contributed by atoms with Gasteiger partial charge in [-0.15, -0.1) is 6.42 Å². The first-order valence-corrected chi connectivity index (χ1v) is 12.4. The van der Waals surface area contributed by atoms with E-state index < -0.39 is 47.6 Å². The van der Waals surface area contributed by atoms with Gasteiger partial charge in [0.2, 0.25) is 11.8 Å². The van der Waals surface area contributed by atoms with Crippen molar-refractivity contribution in [3.8, 4) is 12.3 Å². The van der Waals surface area contributed by atoms with E-state index in [2.05, 4.69) is 35.1 Å². The first-order valence-electron chi connectivity index (χ1n) is 12.4. The molecule has 9 nitrogen and oxygen atoms in total. The Morgan fingerprint density at radius 1 is 1.05 bits per heavy atom. The summed E-state index contributed by atoms with van der Waals surface area (Å²) in [6, 6.07) is 4.25. The van der Waals surface area contributed by atoms with Crippen LogP contribution in [0.4, 0.5) is 4.79 Å². The third-order valence-electron chi connectivity index (χ3n) is 5.57. The first kappa shape index (κ1) is 31.5. The van der Waals surface area contributed by atoms with E-state index >= 15 is 0 Å².